The largest absolute Gasteiger partial charge is 0.298 e. The predicted molar refractivity (Wildman–Crippen MR) is 51.1 cm³/mol. The number of carbonyl (C=O) groups is 1. The molecule has 0 spiro atoms. The Kier molecular flexibility index (Phi) is 1.26. The average molecular weight is 170 g/mol. The van der Waals surface area contributed by atoms with E-state index in [1.165, 1.54) is 17.5 Å². The molecule has 0 amide bonds. The zero-order chi connectivity index (χ0) is 8.84. The number of allylic oxidation sites excluding steroid dienone is 2. The standard InChI is InChI=1S/C12H10O/c13-7-8-1-4-11-9-2-3-10(6-9)12(11)5-8/h1-5,7,9-10H,6H2. The molecule has 2 bridgehead atoms. The summed E-state index contributed by atoms with van der Waals surface area (Å²) < 4.78 is 0. The summed E-state index contributed by atoms with van der Waals surface area (Å²) >= 11 is 0. The van der Waals surface area contributed by atoms with Crippen molar-refractivity contribution in [2.75, 3.05) is 0 Å². The van der Waals surface area contributed by atoms with Gasteiger partial charge in [-0.25, -0.2) is 0 Å². The van der Waals surface area contributed by atoms with Gasteiger partial charge >= 0.3 is 0 Å². The molecule has 0 saturated heterocycles. The summed E-state index contributed by atoms with van der Waals surface area (Å²) in [5.41, 5.74) is 3.61. The fraction of sp³-hybridized carbons (Fsp3) is 0.250. The molecular formula is C12H10O. The summed E-state index contributed by atoms with van der Waals surface area (Å²) in [5, 5.41) is 0. The van der Waals surface area contributed by atoms with Gasteiger partial charge < -0.3 is 0 Å². The molecule has 2 aliphatic carbocycles. The van der Waals surface area contributed by atoms with Crippen LogP contribution < -0.4 is 0 Å². The second-order valence-corrected chi connectivity index (χ2v) is 3.84. The van der Waals surface area contributed by atoms with Crippen molar-refractivity contribution < 1.29 is 4.79 Å². The topological polar surface area (TPSA) is 17.1 Å². The molecule has 0 aliphatic heterocycles. The highest BCUT2D eigenvalue weighted by Crippen LogP contribution is 2.48. The van der Waals surface area contributed by atoms with Gasteiger partial charge in [-0.15, -0.1) is 0 Å². The fourth-order valence-electron chi connectivity index (χ4n) is 2.49. The zero-order valence-corrected chi connectivity index (χ0v) is 7.23. The molecule has 3 rings (SSSR count). The van der Waals surface area contributed by atoms with Crippen molar-refractivity contribution in [2.24, 2.45) is 0 Å². The molecule has 2 unspecified atom stereocenters. The van der Waals surface area contributed by atoms with Crippen LogP contribution in [-0.4, -0.2) is 6.29 Å². The van der Waals surface area contributed by atoms with Gasteiger partial charge in [-0.3, -0.25) is 4.79 Å². The third kappa shape index (κ3) is 0.844. The van der Waals surface area contributed by atoms with E-state index in [4.69, 9.17) is 0 Å². The Hall–Kier alpha value is -1.37. The summed E-state index contributed by atoms with van der Waals surface area (Å²) in [7, 11) is 0. The van der Waals surface area contributed by atoms with E-state index in [1.807, 2.05) is 12.1 Å². The minimum Gasteiger partial charge on any atom is -0.298 e. The summed E-state index contributed by atoms with van der Waals surface area (Å²) in [6.45, 7) is 0. The molecule has 1 heteroatoms. The van der Waals surface area contributed by atoms with Crippen LogP contribution in [0.3, 0.4) is 0 Å². The van der Waals surface area contributed by atoms with Crippen LogP contribution in [0, 0.1) is 0 Å². The Bertz CT molecular complexity index is 404. The van der Waals surface area contributed by atoms with E-state index in [9.17, 15) is 4.79 Å². The number of rotatable bonds is 1. The van der Waals surface area contributed by atoms with Crippen LogP contribution >= 0.6 is 0 Å². The van der Waals surface area contributed by atoms with Crippen molar-refractivity contribution >= 4 is 6.29 Å². The molecule has 1 nitrogen and oxygen atoms in total. The lowest BCUT2D eigenvalue weighted by molar-refractivity contribution is 0.112. The molecule has 1 aromatic carbocycles. The maximum absolute atomic E-state index is 10.6. The molecule has 0 fully saturated rings. The van der Waals surface area contributed by atoms with Crippen LogP contribution in [0.15, 0.2) is 30.4 Å². The summed E-state index contributed by atoms with van der Waals surface area (Å²) in [6.07, 6.45) is 6.70. The van der Waals surface area contributed by atoms with Gasteiger partial charge in [-0.1, -0.05) is 24.3 Å². The molecule has 1 aromatic rings. The molecule has 0 radical (unpaired) electrons. The Labute approximate surface area is 77.1 Å². The highest BCUT2D eigenvalue weighted by molar-refractivity contribution is 5.76. The second-order valence-electron chi connectivity index (χ2n) is 3.84. The summed E-state index contributed by atoms with van der Waals surface area (Å²) in [5.74, 6) is 1.21. The van der Waals surface area contributed by atoms with E-state index < -0.39 is 0 Å². The van der Waals surface area contributed by atoms with Crippen LogP contribution in [0.2, 0.25) is 0 Å². The first kappa shape index (κ1) is 7.07. The predicted octanol–water partition coefficient (Wildman–Crippen LogP) is 2.64. The average Bonchev–Trinajstić information content (AvgIpc) is 2.77. The van der Waals surface area contributed by atoms with Crippen molar-refractivity contribution in [1.82, 2.24) is 0 Å². The van der Waals surface area contributed by atoms with Crippen LogP contribution in [-0.2, 0) is 0 Å². The Morgan fingerprint density at radius 1 is 1.15 bits per heavy atom. The van der Waals surface area contributed by atoms with Crippen molar-refractivity contribution in [3.8, 4) is 0 Å². The monoisotopic (exact) mass is 170 g/mol. The second kappa shape index (κ2) is 2.32. The summed E-state index contributed by atoms with van der Waals surface area (Å²) in [6, 6.07) is 6.06. The van der Waals surface area contributed by atoms with Gasteiger partial charge in [-0.05, 0) is 23.6 Å². The SMILES string of the molecule is O=Cc1ccc2c(c1)C1C=CC2C1. The van der Waals surface area contributed by atoms with Gasteiger partial charge in [0.2, 0.25) is 0 Å². The molecule has 2 atom stereocenters. The number of hydrogen-bond donors (Lipinski definition) is 0. The van der Waals surface area contributed by atoms with Gasteiger partial charge in [0, 0.05) is 17.4 Å². The fourth-order valence-corrected chi connectivity index (χ4v) is 2.49. The Balaban J connectivity index is 2.19. The number of carbonyl (C=O) groups excluding carboxylic acids is 1. The molecule has 2 aliphatic rings. The van der Waals surface area contributed by atoms with Crippen LogP contribution in [0.1, 0.15) is 39.7 Å². The van der Waals surface area contributed by atoms with Crippen molar-refractivity contribution in [3.63, 3.8) is 0 Å². The van der Waals surface area contributed by atoms with Gasteiger partial charge in [0.05, 0.1) is 0 Å². The van der Waals surface area contributed by atoms with Crippen molar-refractivity contribution in [3.05, 3.63) is 47.0 Å². The zero-order valence-electron chi connectivity index (χ0n) is 7.23. The first-order valence-electron chi connectivity index (χ1n) is 4.66. The quantitative estimate of drug-likeness (QED) is 0.467. The lowest BCUT2D eigenvalue weighted by Crippen LogP contribution is -1.94. The van der Waals surface area contributed by atoms with E-state index in [2.05, 4.69) is 18.2 Å². The highest BCUT2D eigenvalue weighted by atomic mass is 16.1. The van der Waals surface area contributed by atoms with Gasteiger partial charge in [0.15, 0.2) is 0 Å². The number of hydrogen-bond acceptors (Lipinski definition) is 1. The molecule has 0 saturated carbocycles. The lowest BCUT2D eigenvalue weighted by atomic mass is 9.95. The van der Waals surface area contributed by atoms with E-state index in [0.717, 1.165) is 11.8 Å². The molecule has 64 valence electrons. The third-order valence-electron chi connectivity index (χ3n) is 3.13. The summed E-state index contributed by atoms with van der Waals surface area (Å²) in [4.78, 5) is 10.6. The molecule has 0 heterocycles. The van der Waals surface area contributed by atoms with Crippen LogP contribution in [0.5, 0.6) is 0 Å². The van der Waals surface area contributed by atoms with E-state index in [0.29, 0.717) is 11.8 Å². The normalized spacial score (nSPS) is 27.7. The van der Waals surface area contributed by atoms with E-state index in [-0.39, 0.29) is 0 Å². The van der Waals surface area contributed by atoms with Gasteiger partial charge in [0.25, 0.3) is 0 Å². The number of aldehydes is 1. The minimum atomic E-state index is 0.583. The maximum atomic E-state index is 10.6. The van der Waals surface area contributed by atoms with E-state index >= 15 is 0 Å². The third-order valence-corrected chi connectivity index (χ3v) is 3.13. The Morgan fingerprint density at radius 3 is 2.69 bits per heavy atom. The molecule has 0 aromatic heterocycles. The maximum Gasteiger partial charge on any atom is 0.150 e. The van der Waals surface area contributed by atoms with Gasteiger partial charge in [0.1, 0.15) is 6.29 Å². The first-order chi connectivity index (χ1) is 6.38. The molecular weight excluding hydrogens is 160 g/mol. The van der Waals surface area contributed by atoms with Crippen LogP contribution in [0.4, 0.5) is 0 Å². The van der Waals surface area contributed by atoms with Crippen LogP contribution in [0.25, 0.3) is 0 Å². The number of benzene rings is 1. The highest BCUT2D eigenvalue weighted by Gasteiger charge is 2.32. The Morgan fingerprint density at radius 2 is 1.92 bits per heavy atom. The first-order valence-corrected chi connectivity index (χ1v) is 4.66. The minimum absolute atomic E-state index is 0.583. The van der Waals surface area contributed by atoms with Crippen molar-refractivity contribution in [2.45, 2.75) is 18.3 Å². The number of fused-ring (bicyclic) bond motifs is 5. The smallest absolute Gasteiger partial charge is 0.150 e. The van der Waals surface area contributed by atoms with E-state index in [1.54, 1.807) is 0 Å². The van der Waals surface area contributed by atoms with Crippen molar-refractivity contribution in [1.29, 1.82) is 0 Å². The molecule has 13 heavy (non-hydrogen) atoms. The lowest BCUT2D eigenvalue weighted by Gasteiger charge is -2.09. The van der Waals surface area contributed by atoms with Gasteiger partial charge in [-0.2, -0.15) is 0 Å². The molecule has 0 N–H and O–H groups in total.